The van der Waals surface area contributed by atoms with Crippen molar-refractivity contribution >= 4 is 32.9 Å². The Morgan fingerprint density at radius 1 is 1.15 bits per heavy atom. The summed E-state index contributed by atoms with van der Waals surface area (Å²) >= 11 is 3.11. The number of nitrogens with two attached hydrogens (primary N) is 1. The molecule has 0 saturated carbocycles. The van der Waals surface area contributed by atoms with Gasteiger partial charge in [0.1, 0.15) is 0 Å². The van der Waals surface area contributed by atoms with E-state index in [9.17, 15) is 0 Å². The summed E-state index contributed by atoms with van der Waals surface area (Å²) in [6.45, 7) is 9.65. The van der Waals surface area contributed by atoms with Crippen molar-refractivity contribution in [2.75, 3.05) is 43.4 Å². The van der Waals surface area contributed by atoms with Crippen molar-refractivity contribution in [3.63, 3.8) is 0 Å². The average Bonchev–Trinajstić information content (AvgIpc) is 3.05. The minimum Gasteiger partial charge on any atom is -0.374 e. The van der Waals surface area contributed by atoms with Gasteiger partial charge in [-0.05, 0) is 13.5 Å². The minimum absolute atomic E-state index is 0.505. The van der Waals surface area contributed by atoms with Crippen molar-refractivity contribution in [1.82, 2.24) is 20.1 Å². The molecule has 0 bridgehead atoms. The van der Waals surface area contributed by atoms with Gasteiger partial charge in [-0.25, -0.2) is 4.98 Å². The van der Waals surface area contributed by atoms with E-state index in [0.29, 0.717) is 5.13 Å². The minimum atomic E-state index is 0.505. The molecule has 0 spiro atoms. The number of aromatic nitrogens is 3. The predicted molar refractivity (Wildman–Crippen MR) is 84.5 cm³/mol. The quantitative estimate of drug-likeness (QED) is 0.930. The number of rotatable bonds is 3. The Morgan fingerprint density at radius 3 is 2.50 bits per heavy atom. The summed E-state index contributed by atoms with van der Waals surface area (Å²) in [4.78, 5) is 10.6. The largest absolute Gasteiger partial charge is 0.374 e. The summed E-state index contributed by atoms with van der Waals surface area (Å²) in [5.41, 5.74) is 6.67. The zero-order valence-electron chi connectivity index (χ0n) is 11.7. The molecular weight excluding hydrogens is 292 g/mol. The summed E-state index contributed by atoms with van der Waals surface area (Å²) in [7, 11) is 0. The smallest absolute Gasteiger partial charge is 0.203 e. The highest BCUT2D eigenvalue weighted by molar-refractivity contribution is 7.25. The Hall–Kier alpha value is -1.25. The summed E-state index contributed by atoms with van der Waals surface area (Å²) in [5.74, 6) is 0. The van der Waals surface area contributed by atoms with E-state index in [1.807, 2.05) is 6.92 Å². The zero-order chi connectivity index (χ0) is 14.1. The highest BCUT2D eigenvalue weighted by Gasteiger charge is 2.21. The van der Waals surface area contributed by atoms with E-state index in [2.05, 4.69) is 26.9 Å². The van der Waals surface area contributed by atoms with Gasteiger partial charge in [-0.2, -0.15) is 0 Å². The highest BCUT2D eigenvalue weighted by atomic mass is 32.1. The monoisotopic (exact) mass is 310 g/mol. The van der Waals surface area contributed by atoms with Gasteiger partial charge in [-0.3, -0.25) is 0 Å². The molecule has 20 heavy (non-hydrogen) atoms. The van der Waals surface area contributed by atoms with E-state index in [1.165, 1.54) is 11.3 Å². The fraction of sp³-hybridized carbons (Fsp3) is 0.583. The van der Waals surface area contributed by atoms with Crippen LogP contribution >= 0.6 is 22.7 Å². The standard InChI is InChI=1S/C12H18N6S2/c1-3-17-4-6-18(7-5-17)12-14-8(2)9(19-12)10-15-16-11(13)20-10/h3-7H2,1-2H3,(H2,13,16). The van der Waals surface area contributed by atoms with Crippen molar-refractivity contribution in [1.29, 1.82) is 0 Å². The maximum absolute atomic E-state index is 5.66. The third-order valence-corrected chi connectivity index (χ3v) is 5.63. The van der Waals surface area contributed by atoms with E-state index in [-0.39, 0.29) is 0 Å². The number of hydrogen-bond acceptors (Lipinski definition) is 8. The van der Waals surface area contributed by atoms with Gasteiger partial charge in [-0.1, -0.05) is 29.6 Å². The second-order valence-corrected chi connectivity index (χ2v) is 6.76. The second-order valence-electron chi connectivity index (χ2n) is 4.78. The molecule has 3 rings (SSSR count). The lowest BCUT2D eigenvalue weighted by atomic mass is 10.3. The van der Waals surface area contributed by atoms with E-state index < -0.39 is 0 Å². The summed E-state index contributed by atoms with van der Waals surface area (Å²) < 4.78 is 0. The van der Waals surface area contributed by atoms with E-state index in [0.717, 1.165) is 53.4 Å². The topological polar surface area (TPSA) is 71.2 Å². The van der Waals surface area contributed by atoms with E-state index in [4.69, 9.17) is 10.7 Å². The number of anilines is 2. The van der Waals surface area contributed by atoms with E-state index >= 15 is 0 Å². The molecule has 6 nitrogen and oxygen atoms in total. The van der Waals surface area contributed by atoms with Crippen LogP contribution in [-0.4, -0.2) is 52.8 Å². The molecule has 0 radical (unpaired) electrons. The van der Waals surface area contributed by atoms with Gasteiger partial charge in [-0.15, -0.1) is 10.2 Å². The molecule has 8 heteroatoms. The van der Waals surface area contributed by atoms with E-state index in [1.54, 1.807) is 11.3 Å². The van der Waals surface area contributed by atoms with Crippen LogP contribution in [0, 0.1) is 6.92 Å². The number of nitrogen functional groups attached to an aromatic ring is 1. The van der Waals surface area contributed by atoms with Crippen LogP contribution < -0.4 is 10.6 Å². The van der Waals surface area contributed by atoms with Crippen LogP contribution in [0.5, 0.6) is 0 Å². The number of thiazole rings is 1. The van der Waals surface area contributed by atoms with Crippen molar-refractivity contribution in [2.45, 2.75) is 13.8 Å². The van der Waals surface area contributed by atoms with Crippen molar-refractivity contribution in [2.24, 2.45) is 0 Å². The summed E-state index contributed by atoms with van der Waals surface area (Å²) in [6.07, 6.45) is 0. The fourth-order valence-electron chi connectivity index (χ4n) is 2.30. The molecule has 0 aromatic carbocycles. The number of aryl methyl sites for hydroxylation is 1. The van der Waals surface area contributed by atoms with Crippen LogP contribution in [0.25, 0.3) is 9.88 Å². The van der Waals surface area contributed by atoms with Crippen LogP contribution in [0.2, 0.25) is 0 Å². The number of nitrogens with zero attached hydrogens (tertiary/aromatic N) is 5. The average molecular weight is 310 g/mol. The van der Waals surface area contributed by atoms with Crippen LogP contribution in [0.3, 0.4) is 0 Å². The maximum Gasteiger partial charge on any atom is 0.203 e. The van der Waals surface area contributed by atoms with Crippen LogP contribution in [0.4, 0.5) is 10.3 Å². The fourth-order valence-corrected chi connectivity index (χ4v) is 4.15. The Balaban J connectivity index is 1.79. The van der Waals surface area contributed by atoms with Gasteiger partial charge in [0.15, 0.2) is 10.1 Å². The first kappa shape index (κ1) is 13.7. The number of hydrogen-bond donors (Lipinski definition) is 1. The molecule has 2 aromatic heterocycles. The zero-order valence-corrected chi connectivity index (χ0v) is 13.3. The van der Waals surface area contributed by atoms with Gasteiger partial charge in [0, 0.05) is 26.2 Å². The van der Waals surface area contributed by atoms with Crippen LogP contribution in [-0.2, 0) is 0 Å². The van der Waals surface area contributed by atoms with Crippen molar-refractivity contribution < 1.29 is 0 Å². The molecule has 2 N–H and O–H groups in total. The lowest BCUT2D eigenvalue weighted by Gasteiger charge is -2.33. The van der Waals surface area contributed by atoms with Gasteiger partial charge < -0.3 is 15.5 Å². The highest BCUT2D eigenvalue weighted by Crippen LogP contribution is 2.36. The molecule has 0 amide bonds. The molecular formula is C12H18N6S2. The van der Waals surface area contributed by atoms with Crippen molar-refractivity contribution in [3.8, 4) is 9.88 Å². The third-order valence-electron chi connectivity index (χ3n) is 3.51. The summed E-state index contributed by atoms with van der Waals surface area (Å²) in [5, 5.41) is 10.5. The van der Waals surface area contributed by atoms with Gasteiger partial charge in [0.25, 0.3) is 0 Å². The van der Waals surface area contributed by atoms with Gasteiger partial charge in [0.05, 0.1) is 10.6 Å². The Kier molecular flexibility index (Phi) is 3.86. The lowest BCUT2D eigenvalue weighted by molar-refractivity contribution is 0.271. The number of likely N-dealkylation sites (N-methyl/N-ethyl adjacent to an activating group) is 1. The van der Waals surface area contributed by atoms with Gasteiger partial charge >= 0.3 is 0 Å². The first-order valence-corrected chi connectivity index (χ1v) is 8.34. The Morgan fingerprint density at radius 2 is 1.90 bits per heavy atom. The molecule has 1 aliphatic rings. The second kappa shape index (κ2) is 5.63. The molecule has 108 valence electrons. The molecule has 0 unspecified atom stereocenters. The maximum atomic E-state index is 5.66. The van der Waals surface area contributed by atoms with Crippen LogP contribution in [0.1, 0.15) is 12.6 Å². The third kappa shape index (κ3) is 2.63. The Bertz CT molecular complexity index is 585. The van der Waals surface area contributed by atoms with Crippen LogP contribution in [0.15, 0.2) is 0 Å². The first-order valence-electron chi connectivity index (χ1n) is 6.71. The number of piperazine rings is 1. The predicted octanol–water partition coefficient (Wildman–Crippen LogP) is 1.69. The van der Waals surface area contributed by atoms with Crippen molar-refractivity contribution in [3.05, 3.63) is 5.69 Å². The molecule has 1 fully saturated rings. The molecule has 0 aliphatic carbocycles. The molecule has 0 atom stereocenters. The first-order chi connectivity index (χ1) is 9.67. The molecule has 1 saturated heterocycles. The lowest BCUT2D eigenvalue weighted by Crippen LogP contribution is -2.46. The Labute approximate surface area is 126 Å². The SMILES string of the molecule is CCN1CCN(c2nc(C)c(-c3nnc(N)s3)s2)CC1. The normalized spacial score (nSPS) is 16.8. The molecule has 2 aromatic rings. The summed E-state index contributed by atoms with van der Waals surface area (Å²) in [6, 6.07) is 0. The van der Waals surface area contributed by atoms with Gasteiger partial charge in [0.2, 0.25) is 5.13 Å². The molecule has 3 heterocycles. The molecule has 1 aliphatic heterocycles.